The third-order valence-electron chi connectivity index (χ3n) is 13.6. The van der Waals surface area contributed by atoms with Crippen molar-refractivity contribution in [3.63, 3.8) is 0 Å². The number of ether oxygens (including phenoxy) is 2. The highest BCUT2D eigenvalue weighted by atomic mass is 16.6. The molecule has 3 N–H and O–H groups in total. The Hall–Kier alpha value is -1.28. The first kappa shape index (κ1) is 24.5. The molecule has 0 aromatic heterocycles. The largest absolute Gasteiger partial charge is 0.460 e. The van der Waals surface area contributed by atoms with E-state index in [0.717, 1.165) is 19.3 Å². The van der Waals surface area contributed by atoms with Gasteiger partial charge in [-0.2, -0.15) is 0 Å². The van der Waals surface area contributed by atoms with Crippen LogP contribution in [0.2, 0.25) is 0 Å². The summed E-state index contributed by atoms with van der Waals surface area (Å²) in [6.07, 6.45) is 5.54. The maximum absolute atomic E-state index is 14.3. The van der Waals surface area contributed by atoms with Crippen LogP contribution < -0.4 is 0 Å². The molecule has 8 saturated carbocycles. The average Bonchev–Trinajstić information content (AvgIpc) is 2.96. The molecule has 8 bridgehead atoms. The minimum atomic E-state index is -2.19. The van der Waals surface area contributed by atoms with E-state index in [1.54, 1.807) is 0 Å². The summed E-state index contributed by atoms with van der Waals surface area (Å²) in [5.74, 6) is -2.37. The number of carbonyl (C=O) groups is 2. The summed E-state index contributed by atoms with van der Waals surface area (Å²) < 4.78 is 12.7. The molecular weight excluding hydrogens is 484 g/mol. The van der Waals surface area contributed by atoms with Crippen LogP contribution in [0.25, 0.3) is 0 Å². The molecule has 9 atom stereocenters. The van der Waals surface area contributed by atoms with Crippen molar-refractivity contribution in [3.8, 4) is 0 Å². The van der Waals surface area contributed by atoms with Crippen LogP contribution in [0.5, 0.6) is 0 Å². The molecule has 10 aliphatic rings. The number of rotatable bonds is 2. The highest BCUT2D eigenvalue weighted by Crippen LogP contribution is 2.77. The minimum Gasteiger partial charge on any atom is -0.460 e. The number of carbonyl (C=O) groups excluding carboxylic acids is 2. The normalized spacial score (nSPS) is 59.0. The maximum Gasteiger partial charge on any atom is 0.312 e. The summed E-state index contributed by atoms with van der Waals surface area (Å²) in [6.45, 7) is 8.40. The van der Waals surface area contributed by atoms with Crippen molar-refractivity contribution in [2.75, 3.05) is 6.61 Å². The molecule has 2 heterocycles. The van der Waals surface area contributed by atoms with E-state index < -0.39 is 58.1 Å². The summed E-state index contributed by atoms with van der Waals surface area (Å²) in [5, 5.41) is 36.0. The van der Waals surface area contributed by atoms with Crippen LogP contribution in [-0.4, -0.2) is 57.8 Å². The van der Waals surface area contributed by atoms with Crippen LogP contribution in [0, 0.1) is 57.2 Å². The highest BCUT2D eigenvalue weighted by molar-refractivity contribution is 6.05. The van der Waals surface area contributed by atoms with E-state index in [-0.39, 0.29) is 23.8 Å². The predicted molar refractivity (Wildman–Crippen MR) is 135 cm³/mol. The molecule has 7 heteroatoms. The molecule has 0 amide bonds. The molecule has 0 aromatic rings. The first-order valence-corrected chi connectivity index (χ1v) is 15.1. The van der Waals surface area contributed by atoms with E-state index in [1.807, 2.05) is 0 Å². The number of aliphatic hydroxyl groups excluding tert-OH is 2. The van der Waals surface area contributed by atoms with Gasteiger partial charge < -0.3 is 24.8 Å². The smallest absolute Gasteiger partial charge is 0.312 e. The van der Waals surface area contributed by atoms with Gasteiger partial charge in [-0.1, -0.05) is 20.4 Å². The SMILES string of the molecule is C=C1C(=O)[C@@]23C(CC[C@@H]1[C@H]2OC(=O)C12CC4CC(CC(C4)C1)C2)[C@@]12CO[C@@]3(O)[C@@H](O)[C@@H]1C(C)(C)CC[C@@H]2O. The molecule has 2 aliphatic heterocycles. The van der Waals surface area contributed by atoms with Gasteiger partial charge in [-0.3, -0.25) is 9.59 Å². The first-order chi connectivity index (χ1) is 17.9. The Kier molecular flexibility index (Phi) is 4.60. The Morgan fingerprint density at radius 2 is 1.66 bits per heavy atom. The van der Waals surface area contributed by atoms with E-state index in [9.17, 15) is 24.9 Å². The van der Waals surface area contributed by atoms with Gasteiger partial charge in [0.25, 0.3) is 0 Å². The number of hydrogen-bond donors (Lipinski definition) is 3. The van der Waals surface area contributed by atoms with E-state index in [2.05, 4.69) is 20.4 Å². The summed E-state index contributed by atoms with van der Waals surface area (Å²) in [5.41, 5.74) is -3.05. The number of hydrogen-bond acceptors (Lipinski definition) is 7. The zero-order valence-corrected chi connectivity index (χ0v) is 22.7. The molecule has 38 heavy (non-hydrogen) atoms. The van der Waals surface area contributed by atoms with E-state index in [1.165, 1.54) is 19.3 Å². The van der Waals surface area contributed by atoms with Crippen molar-refractivity contribution in [3.05, 3.63) is 12.2 Å². The van der Waals surface area contributed by atoms with Crippen molar-refractivity contribution in [2.24, 2.45) is 57.2 Å². The lowest BCUT2D eigenvalue weighted by Crippen LogP contribution is -2.85. The van der Waals surface area contributed by atoms with E-state index >= 15 is 0 Å². The van der Waals surface area contributed by atoms with Crippen molar-refractivity contribution in [2.45, 2.75) is 102 Å². The lowest BCUT2D eigenvalue weighted by atomic mass is 9.35. The van der Waals surface area contributed by atoms with Gasteiger partial charge in [-0.05, 0) is 98.9 Å². The Labute approximate surface area is 224 Å². The molecule has 7 nitrogen and oxygen atoms in total. The van der Waals surface area contributed by atoms with Crippen LogP contribution in [0.15, 0.2) is 12.2 Å². The zero-order valence-electron chi connectivity index (χ0n) is 22.7. The van der Waals surface area contributed by atoms with Gasteiger partial charge in [0.1, 0.15) is 17.6 Å². The Morgan fingerprint density at radius 3 is 2.29 bits per heavy atom. The van der Waals surface area contributed by atoms with Crippen molar-refractivity contribution in [1.82, 2.24) is 0 Å². The molecule has 0 radical (unpaired) electrons. The number of fused-ring (bicyclic) bond motifs is 2. The maximum atomic E-state index is 14.3. The summed E-state index contributed by atoms with van der Waals surface area (Å²) in [6, 6.07) is 0. The van der Waals surface area contributed by atoms with Crippen molar-refractivity contribution < 1.29 is 34.4 Å². The fraction of sp³-hybridized carbons (Fsp3) is 0.871. The minimum absolute atomic E-state index is 0.0856. The van der Waals surface area contributed by atoms with Gasteiger partial charge in [0.15, 0.2) is 5.78 Å². The fourth-order valence-corrected chi connectivity index (χ4v) is 12.6. The molecule has 1 unspecified atom stereocenters. The molecule has 2 saturated heterocycles. The van der Waals surface area contributed by atoms with Crippen LogP contribution in [0.1, 0.15) is 78.1 Å². The van der Waals surface area contributed by atoms with Crippen LogP contribution in [0.3, 0.4) is 0 Å². The molecule has 10 rings (SSSR count). The van der Waals surface area contributed by atoms with Gasteiger partial charge in [-0.15, -0.1) is 0 Å². The first-order valence-electron chi connectivity index (χ1n) is 15.1. The molecule has 0 aromatic carbocycles. The van der Waals surface area contributed by atoms with E-state index in [4.69, 9.17) is 9.47 Å². The third kappa shape index (κ3) is 2.46. The lowest BCUT2D eigenvalue weighted by molar-refractivity contribution is -0.458. The summed E-state index contributed by atoms with van der Waals surface area (Å²) >= 11 is 0. The molecule has 10 fully saturated rings. The van der Waals surface area contributed by atoms with E-state index in [0.29, 0.717) is 49.0 Å². The van der Waals surface area contributed by atoms with Gasteiger partial charge in [0.05, 0.1) is 18.1 Å². The average molecular weight is 527 g/mol. The molecule has 2 spiro atoms. The van der Waals surface area contributed by atoms with Gasteiger partial charge in [0.2, 0.25) is 5.79 Å². The second-order valence-electron chi connectivity index (χ2n) is 15.5. The quantitative estimate of drug-likeness (QED) is 0.374. The Balaban J connectivity index is 1.25. The third-order valence-corrected chi connectivity index (χ3v) is 13.6. The second kappa shape index (κ2) is 7.13. The van der Waals surface area contributed by atoms with Gasteiger partial charge in [0, 0.05) is 17.3 Å². The molecule has 208 valence electrons. The number of esters is 1. The predicted octanol–water partition coefficient (Wildman–Crippen LogP) is 3.14. The number of ketones is 1. The summed E-state index contributed by atoms with van der Waals surface area (Å²) in [7, 11) is 0. The number of Topliss-reactive ketones (excluding diaryl/α,β-unsaturated/α-hetero) is 1. The van der Waals surface area contributed by atoms with Gasteiger partial charge in [-0.25, -0.2) is 0 Å². The summed E-state index contributed by atoms with van der Waals surface area (Å²) in [4.78, 5) is 28.6. The fourth-order valence-electron chi connectivity index (χ4n) is 12.6. The Bertz CT molecular complexity index is 1110. The standard InChI is InChI=1S/C31H42O7/c1-15-19-4-5-20-29-14-37-31(36,24(34)22(29)27(2,3)7-6-21(29)32)30(20,23(15)33)25(19)38-26(35)28-11-16-8-17(12-28)10-18(9-16)13-28/h16-22,24-25,32,34,36H,1,4-14H2,2-3H3/t16?,17?,18?,19-,20?,21-,22+,24-,25+,28?,29+,30-,31-/m0/s1. The molecule has 8 aliphatic carbocycles. The van der Waals surface area contributed by atoms with Crippen molar-refractivity contribution in [1.29, 1.82) is 0 Å². The Morgan fingerprint density at radius 1 is 1.03 bits per heavy atom. The molecular formula is C31H42O7. The monoisotopic (exact) mass is 526 g/mol. The van der Waals surface area contributed by atoms with Crippen LogP contribution in [0.4, 0.5) is 0 Å². The highest BCUT2D eigenvalue weighted by Gasteiger charge is 2.87. The zero-order chi connectivity index (χ0) is 26.6. The van der Waals surface area contributed by atoms with Crippen LogP contribution >= 0.6 is 0 Å². The van der Waals surface area contributed by atoms with Gasteiger partial charge >= 0.3 is 5.97 Å². The van der Waals surface area contributed by atoms with Crippen molar-refractivity contribution >= 4 is 11.8 Å². The van der Waals surface area contributed by atoms with Crippen LogP contribution in [-0.2, 0) is 19.1 Å². The topological polar surface area (TPSA) is 113 Å². The second-order valence-corrected chi connectivity index (χ2v) is 15.5. The number of aliphatic hydroxyl groups is 3. The lowest BCUT2D eigenvalue weighted by Gasteiger charge is -2.74.